The SMILES string of the molecule is CCOc1ccc(C(=O)Nc2ccc3oc(-c4cccc5c(Cl)cccc45)nc3c2)cc1[N+](=O)[O-]. The predicted octanol–water partition coefficient (Wildman–Crippen LogP) is 6.86. The number of rotatable bonds is 6. The van der Waals surface area contributed by atoms with E-state index in [1.807, 2.05) is 36.4 Å². The van der Waals surface area contributed by atoms with Crippen LogP contribution in [0.1, 0.15) is 17.3 Å². The number of anilines is 1. The summed E-state index contributed by atoms with van der Waals surface area (Å²) >= 11 is 6.33. The summed E-state index contributed by atoms with van der Waals surface area (Å²) in [7, 11) is 0. The van der Waals surface area contributed by atoms with Gasteiger partial charge in [-0.25, -0.2) is 4.98 Å². The number of nitro groups is 1. The Morgan fingerprint density at radius 2 is 1.89 bits per heavy atom. The Morgan fingerprint density at radius 1 is 1.09 bits per heavy atom. The Kier molecular flexibility index (Phi) is 5.80. The molecule has 9 heteroatoms. The van der Waals surface area contributed by atoms with Crippen molar-refractivity contribution < 1.29 is 18.9 Å². The average Bonchev–Trinajstić information content (AvgIpc) is 3.27. The molecule has 0 bridgehead atoms. The normalized spacial score (nSPS) is 11.0. The van der Waals surface area contributed by atoms with Crippen molar-refractivity contribution in [2.45, 2.75) is 6.92 Å². The van der Waals surface area contributed by atoms with Crippen molar-refractivity contribution in [2.24, 2.45) is 0 Å². The molecule has 0 spiro atoms. The Morgan fingerprint density at radius 3 is 2.69 bits per heavy atom. The van der Waals surface area contributed by atoms with Gasteiger partial charge in [-0.15, -0.1) is 0 Å². The molecule has 8 nitrogen and oxygen atoms in total. The van der Waals surface area contributed by atoms with Crippen LogP contribution in [0, 0.1) is 10.1 Å². The van der Waals surface area contributed by atoms with Crippen molar-refractivity contribution in [3.05, 3.63) is 93.5 Å². The minimum absolute atomic E-state index is 0.111. The largest absolute Gasteiger partial charge is 0.487 e. The molecule has 5 rings (SSSR count). The number of benzene rings is 4. The molecule has 5 aromatic rings. The number of amides is 1. The molecule has 0 fully saturated rings. The van der Waals surface area contributed by atoms with Gasteiger partial charge in [0, 0.05) is 33.3 Å². The van der Waals surface area contributed by atoms with Crippen LogP contribution >= 0.6 is 11.6 Å². The third-order valence-corrected chi connectivity index (χ3v) is 5.79. The highest BCUT2D eigenvalue weighted by Gasteiger charge is 2.19. The van der Waals surface area contributed by atoms with E-state index in [0.29, 0.717) is 27.7 Å². The highest BCUT2D eigenvalue weighted by Crippen LogP contribution is 2.34. The van der Waals surface area contributed by atoms with E-state index in [9.17, 15) is 14.9 Å². The van der Waals surface area contributed by atoms with Crippen molar-refractivity contribution in [1.82, 2.24) is 4.98 Å². The molecule has 0 aliphatic carbocycles. The van der Waals surface area contributed by atoms with Gasteiger partial charge in [0.25, 0.3) is 5.91 Å². The minimum atomic E-state index is -0.578. The fraction of sp³-hybridized carbons (Fsp3) is 0.0769. The minimum Gasteiger partial charge on any atom is -0.487 e. The van der Waals surface area contributed by atoms with Crippen LogP contribution in [-0.2, 0) is 0 Å². The topological polar surface area (TPSA) is 108 Å². The van der Waals surface area contributed by atoms with Crippen LogP contribution in [0.2, 0.25) is 5.02 Å². The maximum atomic E-state index is 12.8. The van der Waals surface area contributed by atoms with Gasteiger partial charge >= 0.3 is 5.69 Å². The lowest BCUT2D eigenvalue weighted by Crippen LogP contribution is -2.12. The Labute approximate surface area is 204 Å². The molecule has 1 heterocycles. The number of carbonyl (C=O) groups is 1. The van der Waals surface area contributed by atoms with Crippen LogP contribution in [0.5, 0.6) is 5.75 Å². The van der Waals surface area contributed by atoms with Gasteiger partial charge in [0.05, 0.1) is 11.5 Å². The van der Waals surface area contributed by atoms with Crippen LogP contribution in [0.4, 0.5) is 11.4 Å². The number of nitrogens with zero attached hydrogens (tertiary/aromatic N) is 2. The molecule has 35 heavy (non-hydrogen) atoms. The first-order valence-electron chi connectivity index (χ1n) is 10.8. The number of fused-ring (bicyclic) bond motifs is 2. The number of halogens is 1. The number of ether oxygens (including phenoxy) is 1. The first-order chi connectivity index (χ1) is 16.9. The maximum absolute atomic E-state index is 12.8. The van der Waals surface area contributed by atoms with E-state index in [2.05, 4.69) is 10.3 Å². The van der Waals surface area contributed by atoms with E-state index in [1.54, 1.807) is 25.1 Å². The summed E-state index contributed by atoms with van der Waals surface area (Å²) in [5.74, 6) is 0.0433. The van der Waals surface area contributed by atoms with Crippen LogP contribution in [0.3, 0.4) is 0 Å². The molecule has 4 aromatic carbocycles. The van der Waals surface area contributed by atoms with E-state index in [-0.39, 0.29) is 23.6 Å². The Bertz CT molecular complexity index is 1610. The van der Waals surface area contributed by atoms with Gasteiger partial charge in [0.1, 0.15) is 5.52 Å². The Hall–Kier alpha value is -4.43. The van der Waals surface area contributed by atoms with Crippen molar-refractivity contribution in [2.75, 3.05) is 11.9 Å². The number of aromatic nitrogens is 1. The summed E-state index contributed by atoms with van der Waals surface area (Å²) in [4.78, 5) is 28.2. The number of nitro benzene ring substituents is 1. The molecule has 0 saturated carbocycles. The smallest absolute Gasteiger partial charge is 0.311 e. The van der Waals surface area contributed by atoms with Crippen LogP contribution in [0.25, 0.3) is 33.3 Å². The summed E-state index contributed by atoms with van der Waals surface area (Å²) in [6, 6.07) is 20.5. The second-order valence-corrected chi connectivity index (χ2v) is 8.08. The second kappa shape index (κ2) is 9.08. The number of hydrogen-bond donors (Lipinski definition) is 1. The second-order valence-electron chi connectivity index (χ2n) is 7.67. The highest BCUT2D eigenvalue weighted by atomic mass is 35.5. The van der Waals surface area contributed by atoms with Gasteiger partial charge < -0.3 is 14.5 Å². The van der Waals surface area contributed by atoms with Gasteiger partial charge in [-0.3, -0.25) is 14.9 Å². The zero-order valence-corrected chi connectivity index (χ0v) is 19.2. The molecule has 1 amide bonds. The first-order valence-corrected chi connectivity index (χ1v) is 11.1. The fourth-order valence-corrected chi connectivity index (χ4v) is 4.10. The highest BCUT2D eigenvalue weighted by molar-refractivity contribution is 6.35. The van der Waals surface area contributed by atoms with E-state index >= 15 is 0 Å². The molecule has 0 radical (unpaired) electrons. The lowest BCUT2D eigenvalue weighted by atomic mass is 10.0. The molecule has 174 valence electrons. The molecule has 0 atom stereocenters. The molecular weight excluding hydrogens is 470 g/mol. The van der Waals surface area contributed by atoms with Crippen LogP contribution in [0.15, 0.2) is 77.2 Å². The fourth-order valence-electron chi connectivity index (χ4n) is 3.86. The zero-order valence-electron chi connectivity index (χ0n) is 18.4. The van der Waals surface area contributed by atoms with Crippen molar-refractivity contribution in [3.8, 4) is 17.2 Å². The van der Waals surface area contributed by atoms with Gasteiger partial charge in [-0.2, -0.15) is 0 Å². The molecule has 0 saturated heterocycles. The number of carbonyl (C=O) groups excluding carboxylic acids is 1. The van der Waals surface area contributed by atoms with Crippen molar-refractivity contribution >= 4 is 50.8 Å². The van der Waals surface area contributed by atoms with Gasteiger partial charge in [-0.1, -0.05) is 35.9 Å². The molecule has 1 N–H and O–H groups in total. The van der Waals surface area contributed by atoms with Gasteiger partial charge in [0.15, 0.2) is 11.3 Å². The molecule has 0 aliphatic heterocycles. The maximum Gasteiger partial charge on any atom is 0.311 e. The third kappa shape index (κ3) is 4.27. The molecule has 0 aliphatic rings. The summed E-state index contributed by atoms with van der Waals surface area (Å²) in [6.45, 7) is 2.00. The standard InChI is InChI=1S/C26H18ClN3O5/c1-2-34-24-11-9-15(13-22(24)30(32)33)25(31)28-16-10-12-23-21(14-16)29-26(35-23)19-7-3-6-18-17(19)5-4-8-20(18)27/h3-14H,2H2,1H3,(H,28,31). The van der Waals surface area contributed by atoms with E-state index < -0.39 is 10.8 Å². The number of nitrogens with one attached hydrogen (secondary N) is 1. The lowest BCUT2D eigenvalue weighted by Gasteiger charge is -2.07. The summed E-state index contributed by atoms with van der Waals surface area (Å²) < 4.78 is 11.2. The quantitative estimate of drug-likeness (QED) is 0.207. The Balaban J connectivity index is 1.45. The number of hydrogen-bond acceptors (Lipinski definition) is 6. The number of oxazole rings is 1. The average molecular weight is 488 g/mol. The third-order valence-electron chi connectivity index (χ3n) is 5.46. The van der Waals surface area contributed by atoms with Gasteiger partial charge in [-0.05, 0) is 54.8 Å². The summed E-state index contributed by atoms with van der Waals surface area (Å²) in [5.41, 5.74) is 2.23. The van der Waals surface area contributed by atoms with E-state index in [1.165, 1.54) is 18.2 Å². The molecule has 0 unspecified atom stereocenters. The lowest BCUT2D eigenvalue weighted by molar-refractivity contribution is -0.385. The molecule has 1 aromatic heterocycles. The first kappa shape index (κ1) is 22.4. The monoisotopic (exact) mass is 487 g/mol. The summed E-state index contributed by atoms with van der Waals surface area (Å²) in [5, 5.41) is 16.6. The van der Waals surface area contributed by atoms with Crippen LogP contribution in [-0.4, -0.2) is 22.4 Å². The predicted molar refractivity (Wildman–Crippen MR) is 134 cm³/mol. The van der Waals surface area contributed by atoms with Crippen molar-refractivity contribution in [1.29, 1.82) is 0 Å². The summed E-state index contributed by atoms with van der Waals surface area (Å²) in [6.07, 6.45) is 0. The van der Waals surface area contributed by atoms with E-state index in [0.717, 1.165) is 16.3 Å². The molecular formula is C26H18ClN3O5. The van der Waals surface area contributed by atoms with Crippen molar-refractivity contribution in [3.63, 3.8) is 0 Å². The van der Waals surface area contributed by atoms with E-state index in [4.69, 9.17) is 20.8 Å². The van der Waals surface area contributed by atoms with Crippen LogP contribution < -0.4 is 10.1 Å². The van der Waals surface area contributed by atoms with Gasteiger partial charge in [0.2, 0.25) is 5.89 Å². The zero-order chi connectivity index (χ0) is 24.5.